The van der Waals surface area contributed by atoms with Crippen LogP contribution in [0.4, 0.5) is 0 Å². The summed E-state index contributed by atoms with van der Waals surface area (Å²) in [7, 11) is 1.69. The molecule has 0 aromatic carbocycles. The Labute approximate surface area is 115 Å². The first-order valence-electron chi connectivity index (χ1n) is 7.22. The van der Waals surface area contributed by atoms with Crippen LogP contribution in [0.1, 0.15) is 57.7 Å². The van der Waals surface area contributed by atoms with Crippen LogP contribution in [0.15, 0.2) is 6.20 Å². The maximum atomic E-state index is 5.88. The van der Waals surface area contributed by atoms with Gasteiger partial charge in [0.25, 0.3) is 0 Å². The van der Waals surface area contributed by atoms with E-state index in [1.807, 2.05) is 4.68 Å². The molecule has 1 aromatic rings. The van der Waals surface area contributed by atoms with Gasteiger partial charge in [-0.3, -0.25) is 16.0 Å². The first-order valence-corrected chi connectivity index (χ1v) is 7.22. The largest absolute Gasteiger partial charge is 0.493 e. The molecule has 1 saturated carbocycles. The number of ether oxygens (including phenoxy) is 1. The molecule has 0 saturated heterocycles. The Hall–Kier alpha value is -1.07. The van der Waals surface area contributed by atoms with Crippen LogP contribution in [0, 0.1) is 5.41 Å². The van der Waals surface area contributed by atoms with Crippen molar-refractivity contribution in [1.82, 2.24) is 15.2 Å². The summed E-state index contributed by atoms with van der Waals surface area (Å²) < 4.78 is 7.46. The van der Waals surface area contributed by atoms with Gasteiger partial charge < -0.3 is 4.74 Å². The number of hydrogen-bond donors (Lipinski definition) is 2. The van der Waals surface area contributed by atoms with Crippen LogP contribution >= 0.6 is 0 Å². The molecule has 1 heterocycles. The summed E-state index contributed by atoms with van der Waals surface area (Å²) in [4.78, 5) is 0. The Bertz CT molecular complexity index is 388. The fourth-order valence-corrected chi connectivity index (χ4v) is 3.34. The monoisotopic (exact) mass is 266 g/mol. The average Bonchev–Trinajstić information content (AvgIpc) is 2.83. The second-order valence-corrected chi connectivity index (χ2v) is 5.73. The molecule has 1 unspecified atom stereocenters. The van der Waals surface area contributed by atoms with Crippen molar-refractivity contribution in [2.24, 2.45) is 11.3 Å². The average molecular weight is 266 g/mol. The lowest BCUT2D eigenvalue weighted by atomic mass is 9.69. The molecular formula is C14H26N4O. The maximum Gasteiger partial charge on any atom is 0.161 e. The van der Waals surface area contributed by atoms with Crippen molar-refractivity contribution in [3.8, 4) is 5.75 Å². The molecule has 0 amide bonds. The summed E-state index contributed by atoms with van der Waals surface area (Å²) in [5.41, 5.74) is 4.28. The minimum atomic E-state index is 0.0881. The highest BCUT2D eigenvalue weighted by Crippen LogP contribution is 2.47. The van der Waals surface area contributed by atoms with Crippen LogP contribution in [0.25, 0.3) is 0 Å². The van der Waals surface area contributed by atoms with E-state index in [9.17, 15) is 0 Å². The van der Waals surface area contributed by atoms with Crippen LogP contribution in [0.2, 0.25) is 0 Å². The molecular weight excluding hydrogens is 240 g/mol. The third-order valence-electron chi connectivity index (χ3n) is 4.50. The van der Waals surface area contributed by atoms with E-state index >= 15 is 0 Å². The topological polar surface area (TPSA) is 65.1 Å². The first kappa shape index (κ1) is 14.3. The van der Waals surface area contributed by atoms with E-state index in [1.54, 1.807) is 13.3 Å². The quantitative estimate of drug-likeness (QED) is 0.634. The number of hydrazine groups is 1. The summed E-state index contributed by atoms with van der Waals surface area (Å²) in [6.07, 6.45) is 8.06. The summed E-state index contributed by atoms with van der Waals surface area (Å²) in [5, 5.41) is 4.40. The molecule has 19 heavy (non-hydrogen) atoms. The Balaban J connectivity index is 2.37. The standard InChI is InChI=1S/C14H26N4O/c1-4-18-12(11(19-3)10-16-18)13(17-15)14(2)8-6-5-7-9-14/h10,13,17H,4-9,15H2,1-3H3. The Morgan fingerprint density at radius 2 is 2.16 bits per heavy atom. The predicted octanol–water partition coefficient (Wildman–Crippen LogP) is 2.39. The lowest BCUT2D eigenvalue weighted by Gasteiger charge is -2.40. The van der Waals surface area contributed by atoms with Crippen LogP contribution in [-0.4, -0.2) is 16.9 Å². The molecule has 1 fully saturated rings. The fraction of sp³-hybridized carbons (Fsp3) is 0.786. The number of nitrogens with one attached hydrogen (secondary N) is 1. The van der Waals surface area contributed by atoms with Gasteiger partial charge in [0.2, 0.25) is 0 Å². The highest BCUT2D eigenvalue weighted by molar-refractivity contribution is 5.30. The molecule has 1 aromatic heterocycles. The number of nitrogens with zero attached hydrogens (tertiary/aromatic N) is 2. The zero-order valence-corrected chi connectivity index (χ0v) is 12.3. The van der Waals surface area contributed by atoms with Gasteiger partial charge in [-0.15, -0.1) is 0 Å². The Morgan fingerprint density at radius 3 is 2.68 bits per heavy atom. The molecule has 0 spiro atoms. The minimum Gasteiger partial charge on any atom is -0.493 e. The van der Waals surface area contributed by atoms with Gasteiger partial charge in [0.1, 0.15) is 0 Å². The van der Waals surface area contributed by atoms with Crippen molar-refractivity contribution in [1.29, 1.82) is 0 Å². The predicted molar refractivity (Wildman–Crippen MR) is 75.7 cm³/mol. The summed E-state index contributed by atoms with van der Waals surface area (Å²) in [5.74, 6) is 6.71. The van der Waals surface area contributed by atoms with Crippen LogP contribution < -0.4 is 16.0 Å². The number of methoxy groups -OCH3 is 1. The Morgan fingerprint density at radius 1 is 1.47 bits per heavy atom. The number of aromatic nitrogens is 2. The molecule has 0 bridgehead atoms. The summed E-state index contributed by atoms with van der Waals surface area (Å²) in [6, 6.07) is 0.0881. The van der Waals surface area contributed by atoms with E-state index in [4.69, 9.17) is 10.6 Å². The van der Waals surface area contributed by atoms with Crippen LogP contribution in [-0.2, 0) is 6.54 Å². The zero-order chi connectivity index (χ0) is 13.9. The van der Waals surface area contributed by atoms with Crippen molar-refractivity contribution in [2.75, 3.05) is 7.11 Å². The van der Waals surface area contributed by atoms with Gasteiger partial charge in [-0.05, 0) is 25.2 Å². The molecule has 1 aliphatic carbocycles. The van der Waals surface area contributed by atoms with Crippen molar-refractivity contribution >= 4 is 0 Å². The molecule has 3 N–H and O–H groups in total. The second-order valence-electron chi connectivity index (χ2n) is 5.73. The van der Waals surface area contributed by atoms with Gasteiger partial charge in [-0.25, -0.2) is 0 Å². The molecule has 1 atom stereocenters. The van der Waals surface area contributed by atoms with Crippen molar-refractivity contribution in [3.05, 3.63) is 11.9 Å². The number of aryl methyl sites for hydroxylation is 1. The zero-order valence-electron chi connectivity index (χ0n) is 12.3. The van der Waals surface area contributed by atoms with Crippen LogP contribution in [0.3, 0.4) is 0 Å². The van der Waals surface area contributed by atoms with E-state index < -0.39 is 0 Å². The van der Waals surface area contributed by atoms with Crippen LogP contribution in [0.5, 0.6) is 5.75 Å². The third-order valence-corrected chi connectivity index (χ3v) is 4.50. The highest BCUT2D eigenvalue weighted by Gasteiger charge is 2.39. The van der Waals surface area contributed by atoms with Gasteiger partial charge in [-0.1, -0.05) is 26.2 Å². The van der Waals surface area contributed by atoms with E-state index in [-0.39, 0.29) is 11.5 Å². The molecule has 5 heteroatoms. The number of nitrogens with two attached hydrogens (primary N) is 1. The number of rotatable bonds is 5. The number of hydrogen-bond acceptors (Lipinski definition) is 4. The maximum absolute atomic E-state index is 5.88. The lowest BCUT2D eigenvalue weighted by molar-refractivity contribution is 0.136. The molecule has 0 aliphatic heterocycles. The molecule has 2 rings (SSSR count). The summed E-state index contributed by atoms with van der Waals surface area (Å²) >= 11 is 0. The highest BCUT2D eigenvalue weighted by atomic mass is 16.5. The van der Waals surface area contributed by atoms with Crippen molar-refractivity contribution in [3.63, 3.8) is 0 Å². The molecule has 5 nitrogen and oxygen atoms in total. The SMILES string of the molecule is CCn1ncc(OC)c1C(NN)C1(C)CCCCC1. The van der Waals surface area contributed by atoms with Gasteiger partial charge in [0, 0.05) is 6.54 Å². The second kappa shape index (κ2) is 5.92. The van der Waals surface area contributed by atoms with Crippen molar-refractivity contribution < 1.29 is 4.74 Å². The smallest absolute Gasteiger partial charge is 0.161 e. The Kier molecular flexibility index (Phi) is 4.47. The van der Waals surface area contributed by atoms with E-state index in [0.717, 1.165) is 18.0 Å². The van der Waals surface area contributed by atoms with E-state index in [0.29, 0.717) is 0 Å². The minimum absolute atomic E-state index is 0.0881. The van der Waals surface area contributed by atoms with E-state index in [2.05, 4.69) is 24.4 Å². The first-order chi connectivity index (χ1) is 9.16. The van der Waals surface area contributed by atoms with E-state index in [1.165, 1.54) is 32.1 Å². The normalized spacial score (nSPS) is 20.2. The molecule has 108 valence electrons. The van der Waals surface area contributed by atoms with Gasteiger partial charge in [0.05, 0.1) is 25.0 Å². The summed E-state index contributed by atoms with van der Waals surface area (Å²) in [6.45, 7) is 5.24. The fourth-order valence-electron chi connectivity index (χ4n) is 3.34. The van der Waals surface area contributed by atoms with Gasteiger partial charge in [0.15, 0.2) is 5.75 Å². The molecule has 0 radical (unpaired) electrons. The third kappa shape index (κ3) is 2.62. The lowest BCUT2D eigenvalue weighted by Crippen LogP contribution is -2.42. The van der Waals surface area contributed by atoms with Gasteiger partial charge >= 0.3 is 0 Å². The van der Waals surface area contributed by atoms with Crippen molar-refractivity contribution in [2.45, 2.75) is 58.5 Å². The van der Waals surface area contributed by atoms with Gasteiger partial charge in [-0.2, -0.15) is 5.10 Å². The molecule has 1 aliphatic rings.